The van der Waals surface area contributed by atoms with Crippen LogP contribution in [0.25, 0.3) is 0 Å². The van der Waals surface area contributed by atoms with Crippen LogP contribution in [0.5, 0.6) is 5.75 Å². The number of benzene rings is 1. The maximum absolute atomic E-state index is 12.5. The lowest BCUT2D eigenvalue weighted by molar-refractivity contribution is -0.153. The van der Waals surface area contributed by atoms with Gasteiger partial charge >= 0.3 is 25.0 Å². The van der Waals surface area contributed by atoms with Gasteiger partial charge in [0, 0.05) is 19.6 Å². The molecule has 0 aliphatic carbocycles. The zero-order valence-corrected chi connectivity index (χ0v) is 15.2. The lowest BCUT2D eigenvalue weighted by Gasteiger charge is -2.32. The standard InChI is InChI=1S/C16H21BN4O7/c1-2-20-7-8-21(15(25)14(20)24)16(26)19-12(13(23)18-9-17(27)28)10-3-5-11(22)6-4-10/h3-6,12,22,27-28H,2,7-9H2,1H3,(H,18,23)(H,19,26). The Morgan fingerprint density at radius 1 is 1.14 bits per heavy atom. The van der Waals surface area contributed by atoms with E-state index in [0.717, 1.165) is 4.90 Å². The zero-order valence-electron chi connectivity index (χ0n) is 15.2. The van der Waals surface area contributed by atoms with Crippen LogP contribution in [0.15, 0.2) is 24.3 Å². The predicted octanol–water partition coefficient (Wildman–Crippen LogP) is -2.04. The quantitative estimate of drug-likeness (QED) is 0.276. The van der Waals surface area contributed by atoms with Crippen molar-refractivity contribution in [3.63, 3.8) is 0 Å². The molecule has 0 radical (unpaired) electrons. The SMILES string of the molecule is CCN1CCN(C(=O)NC(C(=O)NCB(O)O)c2ccc(O)cc2)C(=O)C1=O. The maximum atomic E-state index is 12.5. The second kappa shape index (κ2) is 9.19. The van der Waals surface area contributed by atoms with Gasteiger partial charge < -0.3 is 30.7 Å². The number of urea groups is 1. The highest BCUT2D eigenvalue weighted by Crippen LogP contribution is 2.18. The van der Waals surface area contributed by atoms with Crippen molar-refractivity contribution in [3.8, 4) is 5.75 Å². The van der Waals surface area contributed by atoms with Gasteiger partial charge in [-0.1, -0.05) is 12.1 Å². The van der Waals surface area contributed by atoms with Gasteiger partial charge in [-0.05, 0) is 24.6 Å². The molecular formula is C16H21BN4O7. The molecule has 2 rings (SSSR count). The van der Waals surface area contributed by atoms with Crippen LogP contribution in [0.1, 0.15) is 18.5 Å². The van der Waals surface area contributed by atoms with E-state index in [2.05, 4.69) is 10.6 Å². The van der Waals surface area contributed by atoms with Gasteiger partial charge in [-0.25, -0.2) is 4.79 Å². The van der Waals surface area contributed by atoms with E-state index in [1.807, 2.05) is 0 Å². The largest absolute Gasteiger partial charge is 0.508 e. The smallest absolute Gasteiger partial charge is 0.472 e. The van der Waals surface area contributed by atoms with Crippen LogP contribution in [0.4, 0.5) is 4.79 Å². The number of aromatic hydroxyl groups is 1. The molecule has 150 valence electrons. The molecule has 1 aromatic rings. The summed E-state index contributed by atoms with van der Waals surface area (Å²) in [5.74, 6) is -2.63. The number of rotatable bonds is 6. The van der Waals surface area contributed by atoms with Gasteiger partial charge in [-0.3, -0.25) is 19.3 Å². The minimum absolute atomic E-state index is 0.0243. The molecular weight excluding hydrogens is 371 g/mol. The Kier molecular flexibility index (Phi) is 6.96. The van der Waals surface area contributed by atoms with E-state index in [4.69, 9.17) is 10.0 Å². The fourth-order valence-corrected chi connectivity index (χ4v) is 2.63. The van der Waals surface area contributed by atoms with Crippen LogP contribution in [-0.2, 0) is 14.4 Å². The molecule has 0 aromatic heterocycles. The Balaban J connectivity index is 2.18. The van der Waals surface area contributed by atoms with E-state index in [1.165, 1.54) is 29.2 Å². The number of hydrogen-bond donors (Lipinski definition) is 5. The molecule has 1 heterocycles. The summed E-state index contributed by atoms with van der Waals surface area (Å²) in [6, 6.07) is 3.15. The van der Waals surface area contributed by atoms with E-state index in [0.29, 0.717) is 6.54 Å². The number of nitrogens with zero attached hydrogens (tertiary/aromatic N) is 2. The van der Waals surface area contributed by atoms with Crippen molar-refractivity contribution in [2.24, 2.45) is 0 Å². The molecule has 1 unspecified atom stereocenters. The monoisotopic (exact) mass is 392 g/mol. The molecule has 12 heteroatoms. The average molecular weight is 392 g/mol. The van der Waals surface area contributed by atoms with Crippen LogP contribution in [0.2, 0.25) is 0 Å². The van der Waals surface area contributed by atoms with Crippen molar-refractivity contribution in [3.05, 3.63) is 29.8 Å². The first-order valence-corrected chi connectivity index (χ1v) is 8.58. The normalized spacial score (nSPS) is 15.2. The van der Waals surface area contributed by atoms with Crippen LogP contribution in [-0.4, -0.2) is 81.9 Å². The molecule has 0 spiro atoms. The fourth-order valence-electron chi connectivity index (χ4n) is 2.63. The summed E-state index contributed by atoms with van der Waals surface area (Å²) in [5, 5.41) is 31.8. The van der Waals surface area contributed by atoms with Crippen LogP contribution < -0.4 is 10.6 Å². The van der Waals surface area contributed by atoms with Gasteiger partial charge in [0.05, 0.1) is 6.44 Å². The molecule has 11 nitrogen and oxygen atoms in total. The number of hydrogen-bond acceptors (Lipinski definition) is 7. The van der Waals surface area contributed by atoms with E-state index >= 15 is 0 Å². The first kappa shape index (κ1) is 21.2. The maximum Gasteiger partial charge on any atom is 0.472 e. The van der Waals surface area contributed by atoms with E-state index in [-0.39, 0.29) is 24.4 Å². The second-order valence-electron chi connectivity index (χ2n) is 6.04. The Bertz CT molecular complexity index is 756. The minimum Gasteiger partial charge on any atom is -0.508 e. The lowest BCUT2D eigenvalue weighted by Crippen LogP contribution is -2.59. The zero-order chi connectivity index (χ0) is 20.8. The average Bonchev–Trinajstić information content (AvgIpc) is 2.67. The van der Waals surface area contributed by atoms with Gasteiger partial charge in [0.15, 0.2) is 0 Å². The highest BCUT2D eigenvalue weighted by atomic mass is 16.4. The summed E-state index contributed by atoms with van der Waals surface area (Å²) >= 11 is 0. The number of nitrogens with one attached hydrogen (secondary N) is 2. The third kappa shape index (κ3) is 4.99. The number of phenols is 1. The van der Waals surface area contributed by atoms with Gasteiger partial charge in [0.2, 0.25) is 5.91 Å². The first-order chi connectivity index (χ1) is 13.2. The van der Waals surface area contributed by atoms with Crippen molar-refractivity contribution in [2.45, 2.75) is 13.0 Å². The third-order valence-electron chi connectivity index (χ3n) is 4.15. The number of carbonyl (C=O) groups is 4. The Hall–Kier alpha value is -3.12. The van der Waals surface area contributed by atoms with Crippen molar-refractivity contribution in [1.82, 2.24) is 20.4 Å². The topological polar surface area (TPSA) is 160 Å². The number of carbonyl (C=O) groups excluding carboxylic acids is 4. The summed E-state index contributed by atoms with van der Waals surface area (Å²) < 4.78 is 0. The summed E-state index contributed by atoms with van der Waals surface area (Å²) in [4.78, 5) is 51.1. The number of phenolic OH excluding ortho intramolecular Hbond substituents is 1. The van der Waals surface area contributed by atoms with Crippen molar-refractivity contribution in [2.75, 3.05) is 26.1 Å². The summed E-state index contributed by atoms with van der Waals surface area (Å²) in [7, 11) is -1.79. The van der Waals surface area contributed by atoms with Crippen LogP contribution >= 0.6 is 0 Å². The molecule has 5 amide bonds. The van der Waals surface area contributed by atoms with E-state index in [9.17, 15) is 24.3 Å². The van der Waals surface area contributed by atoms with Crippen molar-refractivity contribution >= 4 is 30.9 Å². The number of amides is 5. The first-order valence-electron chi connectivity index (χ1n) is 8.58. The Morgan fingerprint density at radius 3 is 2.36 bits per heavy atom. The van der Waals surface area contributed by atoms with Gasteiger partial charge in [0.25, 0.3) is 0 Å². The van der Waals surface area contributed by atoms with Gasteiger partial charge in [0.1, 0.15) is 11.8 Å². The molecule has 1 aliphatic heterocycles. The highest BCUT2D eigenvalue weighted by molar-refractivity contribution is 6.41. The Labute approximate surface area is 161 Å². The third-order valence-corrected chi connectivity index (χ3v) is 4.15. The lowest BCUT2D eigenvalue weighted by atomic mass is 9.92. The second-order valence-corrected chi connectivity index (χ2v) is 6.04. The van der Waals surface area contributed by atoms with Gasteiger partial charge in [-0.15, -0.1) is 0 Å². The molecule has 1 aromatic carbocycles. The fraction of sp³-hybridized carbons (Fsp3) is 0.375. The number of piperazine rings is 1. The van der Waals surface area contributed by atoms with Gasteiger partial charge in [-0.2, -0.15) is 0 Å². The highest BCUT2D eigenvalue weighted by Gasteiger charge is 2.37. The molecule has 1 aliphatic rings. The Morgan fingerprint density at radius 2 is 1.79 bits per heavy atom. The van der Waals surface area contributed by atoms with E-state index < -0.39 is 43.4 Å². The van der Waals surface area contributed by atoms with Crippen molar-refractivity contribution < 1.29 is 34.3 Å². The molecule has 5 N–H and O–H groups in total. The van der Waals surface area contributed by atoms with Crippen molar-refractivity contribution in [1.29, 1.82) is 0 Å². The van der Waals surface area contributed by atoms with Crippen LogP contribution in [0, 0.1) is 0 Å². The molecule has 1 atom stereocenters. The number of imide groups is 1. The molecule has 0 bridgehead atoms. The number of likely N-dealkylation sites (N-methyl/N-ethyl adjacent to an activating group) is 1. The summed E-state index contributed by atoms with van der Waals surface area (Å²) in [6.07, 6.45) is -0.476. The summed E-state index contributed by atoms with van der Waals surface area (Å²) in [5.41, 5.74) is 0.280. The van der Waals surface area contributed by atoms with E-state index in [1.54, 1.807) is 6.92 Å². The summed E-state index contributed by atoms with van der Waals surface area (Å²) in [6.45, 7) is 2.20. The molecule has 1 fully saturated rings. The predicted molar refractivity (Wildman–Crippen MR) is 96.5 cm³/mol. The molecule has 0 saturated carbocycles. The van der Waals surface area contributed by atoms with Crippen LogP contribution in [0.3, 0.4) is 0 Å². The molecule has 1 saturated heterocycles. The molecule has 28 heavy (non-hydrogen) atoms. The minimum atomic E-state index is -1.79.